The standard InChI is InChI=1S/C11H10ClNO2S/c12-10-9(4-6-15-10)11(14)13-5-3-8-2-1-7-16-8/h1-2,4,6-7H,3,5H2,(H,13,14). The zero-order valence-electron chi connectivity index (χ0n) is 8.40. The highest BCUT2D eigenvalue weighted by Gasteiger charge is 2.11. The van der Waals surface area contributed by atoms with E-state index in [-0.39, 0.29) is 11.1 Å². The number of thiophene rings is 1. The molecule has 1 amide bonds. The molecule has 84 valence electrons. The average Bonchev–Trinajstić information content (AvgIpc) is 2.88. The van der Waals surface area contributed by atoms with E-state index in [2.05, 4.69) is 5.32 Å². The number of furan rings is 1. The summed E-state index contributed by atoms with van der Waals surface area (Å²) in [7, 11) is 0. The molecule has 2 aromatic rings. The van der Waals surface area contributed by atoms with Gasteiger partial charge >= 0.3 is 0 Å². The lowest BCUT2D eigenvalue weighted by molar-refractivity contribution is 0.0954. The van der Waals surface area contributed by atoms with E-state index in [4.69, 9.17) is 16.0 Å². The summed E-state index contributed by atoms with van der Waals surface area (Å²) in [4.78, 5) is 12.9. The third-order valence-corrected chi connectivity index (χ3v) is 3.33. The molecule has 0 saturated carbocycles. The van der Waals surface area contributed by atoms with Crippen LogP contribution in [0.4, 0.5) is 0 Å². The van der Waals surface area contributed by atoms with Gasteiger partial charge in [-0.1, -0.05) is 6.07 Å². The molecule has 0 unspecified atom stereocenters. The van der Waals surface area contributed by atoms with Crippen LogP contribution in [-0.2, 0) is 6.42 Å². The van der Waals surface area contributed by atoms with Crippen molar-refractivity contribution in [1.82, 2.24) is 5.32 Å². The molecular formula is C11H10ClNO2S. The summed E-state index contributed by atoms with van der Waals surface area (Å²) in [5.74, 6) is -0.199. The molecule has 1 N–H and O–H groups in total. The van der Waals surface area contributed by atoms with E-state index in [9.17, 15) is 4.79 Å². The predicted molar refractivity (Wildman–Crippen MR) is 64.1 cm³/mol. The highest BCUT2D eigenvalue weighted by molar-refractivity contribution is 7.09. The van der Waals surface area contributed by atoms with Crippen molar-refractivity contribution in [3.05, 3.63) is 45.5 Å². The van der Waals surface area contributed by atoms with E-state index in [1.165, 1.54) is 11.1 Å². The lowest BCUT2D eigenvalue weighted by Crippen LogP contribution is -2.25. The summed E-state index contributed by atoms with van der Waals surface area (Å²) in [5.41, 5.74) is 0.382. The van der Waals surface area contributed by atoms with Gasteiger partial charge in [0.2, 0.25) is 5.22 Å². The molecule has 0 aliphatic rings. The summed E-state index contributed by atoms with van der Waals surface area (Å²) < 4.78 is 4.84. The topological polar surface area (TPSA) is 42.2 Å². The summed E-state index contributed by atoms with van der Waals surface area (Å²) in [6.45, 7) is 0.598. The summed E-state index contributed by atoms with van der Waals surface area (Å²) >= 11 is 7.37. The van der Waals surface area contributed by atoms with Crippen molar-refractivity contribution in [3.63, 3.8) is 0 Å². The Bertz CT molecular complexity index is 464. The Labute approximate surface area is 102 Å². The smallest absolute Gasteiger partial charge is 0.256 e. The van der Waals surface area contributed by atoms with Crippen LogP contribution in [0.3, 0.4) is 0 Å². The highest BCUT2D eigenvalue weighted by Crippen LogP contribution is 2.16. The minimum Gasteiger partial charge on any atom is -0.452 e. The van der Waals surface area contributed by atoms with Gasteiger partial charge in [0.25, 0.3) is 5.91 Å². The maximum Gasteiger partial charge on any atom is 0.256 e. The van der Waals surface area contributed by atoms with Crippen molar-refractivity contribution in [1.29, 1.82) is 0 Å². The predicted octanol–water partition coefficient (Wildman–Crippen LogP) is 2.97. The van der Waals surface area contributed by atoms with E-state index >= 15 is 0 Å². The molecule has 0 saturated heterocycles. The Morgan fingerprint density at radius 1 is 1.50 bits per heavy atom. The minimum atomic E-state index is -0.199. The minimum absolute atomic E-state index is 0.133. The number of carbonyl (C=O) groups is 1. The summed E-state index contributed by atoms with van der Waals surface area (Å²) in [5, 5.41) is 4.94. The fourth-order valence-electron chi connectivity index (χ4n) is 1.31. The number of hydrogen-bond donors (Lipinski definition) is 1. The van der Waals surface area contributed by atoms with Crippen molar-refractivity contribution < 1.29 is 9.21 Å². The van der Waals surface area contributed by atoms with E-state index < -0.39 is 0 Å². The average molecular weight is 256 g/mol. The van der Waals surface area contributed by atoms with Gasteiger partial charge in [-0.05, 0) is 35.5 Å². The SMILES string of the molecule is O=C(NCCc1cccs1)c1ccoc1Cl. The molecule has 0 bridgehead atoms. The third kappa shape index (κ3) is 2.65. The number of halogens is 1. The Kier molecular flexibility index (Phi) is 3.64. The fourth-order valence-corrected chi connectivity index (χ4v) is 2.21. The first-order valence-corrected chi connectivity index (χ1v) is 6.06. The van der Waals surface area contributed by atoms with Gasteiger partial charge in [-0.3, -0.25) is 4.79 Å². The molecule has 0 aliphatic heterocycles. The van der Waals surface area contributed by atoms with Gasteiger partial charge in [0.15, 0.2) is 0 Å². The quantitative estimate of drug-likeness (QED) is 0.913. The monoisotopic (exact) mass is 255 g/mol. The molecule has 3 nitrogen and oxygen atoms in total. The van der Waals surface area contributed by atoms with Crippen LogP contribution in [0, 0.1) is 0 Å². The van der Waals surface area contributed by atoms with Gasteiger partial charge in [0.1, 0.15) is 0 Å². The Morgan fingerprint density at radius 2 is 2.38 bits per heavy atom. The van der Waals surface area contributed by atoms with Crippen LogP contribution in [0.15, 0.2) is 34.3 Å². The fraction of sp³-hybridized carbons (Fsp3) is 0.182. The molecule has 16 heavy (non-hydrogen) atoms. The third-order valence-electron chi connectivity index (χ3n) is 2.10. The lowest BCUT2D eigenvalue weighted by atomic mass is 10.3. The molecule has 2 aromatic heterocycles. The number of rotatable bonds is 4. The molecule has 0 fully saturated rings. The number of amides is 1. The second kappa shape index (κ2) is 5.18. The second-order valence-electron chi connectivity index (χ2n) is 3.19. The van der Waals surface area contributed by atoms with Crippen molar-refractivity contribution in [3.8, 4) is 0 Å². The number of hydrogen-bond acceptors (Lipinski definition) is 3. The summed E-state index contributed by atoms with van der Waals surface area (Å²) in [6, 6.07) is 5.60. The molecular weight excluding hydrogens is 246 g/mol. The molecule has 0 aliphatic carbocycles. The largest absolute Gasteiger partial charge is 0.452 e. The first-order valence-electron chi connectivity index (χ1n) is 4.81. The number of carbonyl (C=O) groups excluding carboxylic acids is 1. The van der Waals surface area contributed by atoms with Crippen molar-refractivity contribution in [2.45, 2.75) is 6.42 Å². The van der Waals surface area contributed by atoms with Crippen molar-refractivity contribution >= 4 is 28.8 Å². The molecule has 5 heteroatoms. The molecule has 0 atom stereocenters. The van der Waals surface area contributed by atoms with Crippen LogP contribution in [0.1, 0.15) is 15.2 Å². The summed E-state index contributed by atoms with van der Waals surface area (Å²) in [6.07, 6.45) is 2.23. The Balaban J connectivity index is 1.83. The zero-order chi connectivity index (χ0) is 11.4. The lowest BCUT2D eigenvalue weighted by Gasteiger charge is -2.02. The Hall–Kier alpha value is -1.26. The van der Waals surface area contributed by atoms with Gasteiger partial charge < -0.3 is 9.73 Å². The van der Waals surface area contributed by atoms with Crippen LogP contribution in [0.5, 0.6) is 0 Å². The van der Waals surface area contributed by atoms with E-state index in [1.807, 2.05) is 17.5 Å². The van der Waals surface area contributed by atoms with Gasteiger partial charge in [-0.25, -0.2) is 0 Å². The normalized spacial score (nSPS) is 10.3. The van der Waals surface area contributed by atoms with Gasteiger partial charge in [0.05, 0.1) is 11.8 Å². The van der Waals surface area contributed by atoms with Gasteiger partial charge in [-0.15, -0.1) is 11.3 Å². The molecule has 0 radical (unpaired) electrons. The van der Waals surface area contributed by atoms with Crippen molar-refractivity contribution in [2.75, 3.05) is 6.54 Å². The molecule has 0 aromatic carbocycles. The van der Waals surface area contributed by atoms with E-state index in [0.29, 0.717) is 12.1 Å². The van der Waals surface area contributed by atoms with Crippen LogP contribution < -0.4 is 5.32 Å². The molecule has 2 heterocycles. The maximum absolute atomic E-state index is 11.6. The van der Waals surface area contributed by atoms with Crippen LogP contribution in [0.2, 0.25) is 5.22 Å². The molecule has 2 rings (SSSR count). The first kappa shape index (κ1) is 11.2. The maximum atomic E-state index is 11.6. The molecule has 0 spiro atoms. The highest BCUT2D eigenvalue weighted by atomic mass is 35.5. The van der Waals surface area contributed by atoms with Crippen LogP contribution in [0.25, 0.3) is 0 Å². The zero-order valence-corrected chi connectivity index (χ0v) is 9.98. The van der Waals surface area contributed by atoms with Crippen LogP contribution >= 0.6 is 22.9 Å². The van der Waals surface area contributed by atoms with E-state index in [0.717, 1.165) is 6.42 Å². The van der Waals surface area contributed by atoms with Gasteiger partial charge in [0, 0.05) is 11.4 Å². The van der Waals surface area contributed by atoms with Crippen molar-refractivity contribution in [2.24, 2.45) is 0 Å². The van der Waals surface area contributed by atoms with Gasteiger partial charge in [-0.2, -0.15) is 0 Å². The number of nitrogens with one attached hydrogen (secondary N) is 1. The van der Waals surface area contributed by atoms with Crippen LogP contribution in [-0.4, -0.2) is 12.5 Å². The first-order chi connectivity index (χ1) is 7.77. The van der Waals surface area contributed by atoms with E-state index in [1.54, 1.807) is 17.4 Å². The second-order valence-corrected chi connectivity index (χ2v) is 4.57. The Morgan fingerprint density at radius 3 is 3.00 bits per heavy atom.